The predicted molar refractivity (Wildman–Crippen MR) is 115 cm³/mol. The molecular formula is C23H24N4O2. The minimum Gasteiger partial charge on any atom is -0.352 e. The number of para-hydroxylation sites is 1. The lowest BCUT2D eigenvalue weighted by molar-refractivity contribution is -0.122. The average molecular weight is 388 g/mol. The van der Waals surface area contributed by atoms with Crippen molar-refractivity contribution >= 4 is 27.7 Å². The fourth-order valence-corrected chi connectivity index (χ4v) is 3.60. The van der Waals surface area contributed by atoms with Crippen molar-refractivity contribution in [2.75, 3.05) is 0 Å². The molecule has 0 saturated carbocycles. The molecule has 2 aromatic heterocycles. The van der Waals surface area contributed by atoms with Crippen LogP contribution in [0.1, 0.15) is 25.8 Å². The van der Waals surface area contributed by atoms with Gasteiger partial charge in [0, 0.05) is 28.9 Å². The summed E-state index contributed by atoms with van der Waals surface area (Å²) in [5.41, 5.74) is 2.40. The van der Waals surface area contributed by atoms with Crippen molar-refractivity contribution < 1.29 is 4.79 Å². The van der Waals surface area contributed by atoms with E-state index >= 15 is 0 Å². The van der Waals surface area contributed by atoms with Crippen LogP contribution in [-0.2, 0) is 17.9 Å². The van der Waals surface area contributed by atoms with Crippen molar-refractivity contribution in [1.29, 1.82) is 0 Å². The Hall–Kier alpha value is -3.41. The minimum absolute atomic E-state index is 0.0615. The zero-order valence-corrected chi connectivity index (χ0v) is 16.6. The summed E-state index contributed by atoms with van der Waals surface area (Å²) in [5.74, 6) is -0.209. The van der Waals surface area contributed by atoms with Gasteiger partial charge in [-0.15, -0.1) is 0 Å². The van der Waals surface area contributed by atoms with Crippen molar-refractivity contribution in [2.45, 2.75) is 39.4 Å². The number of nitrogens with zero attached hydrogens (tertiary/aromatic N) is 3. The molecule has 1 atom stereocenters. The fourth-order valence-electron chi connectivity index (χ4n) is 3.60. The quantitative estimate of drug-likeness (QED) is 0.551. The van der Waals surface area contributed by atoms with E-state index in [-0.39, 0.29) is 24.1 Å². The number of nitrogens with one attached hydrogen (secondary N) is 1. The third-order valence-corrected chi connectivity index (χ3v) is 5.27. The summed E-state index contributed by atoms with van der Waals surface area (Å²) in [6.45, 7) is 4.42. The van der Waals surface area contributed by atoms with Gasteiger partial charge in [0.2, 0.25) is 5.91 Å². The van der Waals surface area contributed by atoms with E-state index in [0.717, 1.165) is 28.3 Å². The summed E-state index contributed by atoms with van der Waals surface area (Å²) in [7, 11) is 0. The maximum absolute atomic E-state index is 13.3. The lowest BCUT2D eigenvalue weighted by Gasteiger charge is -2.12. The Morgan fingerprint density at radius 3 is 2.55 bits per heavy atom. The second-order valence-electron chi connectivity index (χ2n) is 7.34. The zero-order chi connectivity index (χ0) is 20.4. The van der Waals surface area contributed by atoms with Crippen LogP contribution in [0.4, 0.5) is 0 Å². The van der Waals surface area contributed by atoms with Crippen LogP contribution >= 0.6 is 0 Å². The third kappa shape index (κ3) is 3.66. The van der Waals surface area contributed by atoms with Crippen molar-refractivity contribution in [1.82, 2.24) is 19.7 Å². The summed E-state index contributed by atoms with van der Waals surface area (Å²) >= 11 is 0. The van der Waals surface area contributed by atoms with Gasteiger partial charge in [-0.3, -0.25) is 9.59 Å². The van der Waals surface area contributed by atoms with Gasteiger partial charge in [0.15, 0.2) is 0 Å². The Kier molecular flexibility index (Phi) is 5.16. The van der Waals surface area contributed by atoms with Crippen LogP contribution in [0.25, 0.3) is 21.8 Å². The van der Waals surface area contributed by atoms with Gasteiger partial charge in [-0.25, -0.2) is 4.68 Å². The summed E-state index contributed by atoms with van der Waals surface area (Å²) in [6.07, 6.45) is 2.52. The Morgan fingerprint density at radius 2 is 1.79 bits per heavy atom. The number of amides is 1. The minimum atomic E-state index is -0.256. The first-order valence-electron chi connectivity index (χ1n) is 9.88. The molecule has 0 fully saturated rings. The van der Waals surface area contributed by atoms with E-state index in [1.165, 1.54) is 4.68 Å². The van der Waals surface area contributed by atoms with Gasteiger partial charge in [-0.1, -0.05) is 55.5 Å². The van der Waals surface area contributed by atoms with Gasteiger partial charge in [0.25, 0.3) is 5.56 Å². The molecule has 4 aromatic rings. The highest BCUT2D eigenvalue weighted by atomic mass is 16.2. The first-order valence-corrected chi connectivity index (χ1v) is 9.88. The van der Waals surface area contributed by atoms with Gasteiger partial charge >= 0.3 is 0 Å². The van der Waals surface area contributed by atoms with Crippen molar-refractivity contribution in [3.05, 3.63) is 76.7 Å². The maximum atomic E-state index is 13.3. The molecule has 0 aliphatic heterocycles. The number of hydrogen-bond donors (Lipinski definition) is 1. The van der Waals surface area contributed by atoms with Gasteiger partial charge < -0.3 is 9.88 Å². The number of aromatic nitrogens is 3. The number of hydrogen-bond acceptors (Lipinski definition) is 3. The van der Waals surface area contributed by atoms with E-state index in [9.17, 15) is 9.59 Å². The Bertz CT molecular complexity index is 1220. The first kappa shape index (κ1) is 18.9. The molecule has 0 saturated heterocycles. The molecule has 2 heterocycles. The molecule has 0 radical (unpaired) electrons. The molecule has 0 aliphatic carbocycles. The first-order chi connectivity index (χ1) is 14.1. The van der Waals surface area contributed by atoms with E-state index in [1.54, 1.807) is 6.20 Å². The molecule has 1 unspecified atom stereocenters. The molecule has 6 nitrogen and oxygen atoms in total. The van der Waals surface area contributed by atoms with E-state index in [0.29, 0.717) is 12.1 Å². The van der Waals surface area contributed by atoms with Gasteiger partial charge in [-0.2, -0.15) is 5.10 Å². The molecule has 1 N–H and O–H groups in total. The third-order valence-electron chi connectivity index (χ3n) is 5.27. The second-order valence-corrected chi connectivity index (χ2v) is 7.34. The van der Waals surface area contributed by atoms with E-state index in [2.05, 4.69) is 10.4 Å². The van der Waals surface area contributed by atoms with E-state index in [1.807, 2.05) is 73.0 Å². The zero-order valence-electron chi connectivity index (χ0n) is 16.6. The Morgan fingerprint density at radius 1 is 1.07 bits per heavy atom. The summed E-state index contributed by atoms with van der Waals surface area (Å²) in [5, 5.41) is 8.96. The average Bonchev–Trinajstić information content (AvgIpc) is 3.05. The molecule has 1 amide bonds. The normalized spacial score (nSPS) is 12.3. The number of fused-ring (bicyclic) bond motifs is 3. The maximum Gasteiger partial charge on any atom is 0.291 e. The molecule has 4 rings (SSSR count). The molecule has 148 valence electrons. The van der Waals surface area contributed by atoms with Crippen LogP contribution in [0.3, 0.4) is 0 Å². The molecule has 0 aliphatic rings. The van der Waals surface area contributed by atoms with Gasteiger partial charge in [0.05, 0.1) is 6.20 Å². The van der Waals surface area contributed by atoms with E-state index < -0.39 is 0 Å². The van der Waals surface area contributed by atoms with E-state index in [4.69, 9.17) is 0 Å². The molecule has 29 heavy (non-hydrogen) atoms. The van der Waals surface area contributed by atoms with Crippen molar-refractivity contribution in [2.24, 2.45) is 0 Å². The largest absolute Gasteiger partial charge is 0.352 e. The van der Waals surface area contributed by atoms with Gasteiger partial charge in [-0.05, 0) is 25.0 Å². The predicted octanol–water partition coefficient (Wildman–Crippen LogP) is 3.31. The summed E-state index contributed by atoms with van der Waals surface area (Å²) < 4.78 is 3.27. The molecule has 0 spiro atoms. The SMILES string of the molecule is CCC(C)NC(=O)Cn1ncc2c3ccccc3n(Cc3ccccc3)c2c1=O. The topological polar surface area (TPSA) is 68.9 Å². The van der Waals surface area contributed by atoms with Crippen LogP contribution < -0.4 is 10.9 Å². The number of rotatable bonds is 6. The highest BCUT2D eigenvalue weighted by Gasteiger charge is 2.17. The smallest absolute Gasteiger partial charge is 0.291 e. The van der Waals surface area contributed by atoms with Crippen LogP contribution in [0.5, 0.6) is 0 Å². The summed E-state index contributed by atoms with van der Waals surface area (Å²) in [6, 6.07) is 18.0. The van der Waals surface area contributed by atoms with Crippen LogP contribution in [0, 0.1) is 0 Å². The monoisotopic (exact) mass is 388 g/mol. The Balaban J connectivity index is 1.83. The van der Waals surface area contributed by atoms with Crippen LogP contribution in [-0.4, -0.2) is 26.3 Å². The van der Waals surface area contributed by atoms with Crippen molar-refractivity contribution in [3.8, 4) is 0 Å². The number of carbonyl (C=O) groups excluding carboxylic acids is 1. The standard InChI is InChI=1S/C23H24N4O2/c1-3-16(2)25-21(28)15-27-23(29)22-19(13-24-27)18-11-7-8-12-20(18)26(22)14-17-9-5-4-6-10-17/h4-13,16H,3,14-15H2,1-2H3,(H,25,28). The molecule has 0 bridgehead atoms. The van der Waals surface area contributed by atoms with Gasteiger partial charge in [0.1, 0.15) is 12.1 Å². The van der Waals surface area contributed by atoms with Crippen molar-refractivity contribution in [3.63, 3.8) is 0 Å². The molecule has 2 aromatic carbocycles. The number of benzene rings is 2. The fraction of sp³-hybridized carbons (Fsp3) is 0.261. The Labute approximate surface area is 168 Å². The highest BCUT2D eigenvalue weighted by Crippen LogP contribution is 2.27. The van der Waals surface area contributed by atoms with Crippen LogP contribution in [0.15, 0.2) is 65.6 Å². The van der Waals surface area contributed by atoms with Crippen LogP contribution in [0.2, 0.25) is 0 Å². The summed E-state index contributed by atoms with van der Waals surface area (Å²) in [4.78, 5) is 25.6. The second kappa shape index (κ2) is 7.91. The lowest BCUT2D eigenvalue weighted by atomic mass is 10.2. The molecule has 6 heteroatoms. The lowest BCUT2D eigenvalue weighted by Crippen LogP contribution is -2.38. The molecular weight excluding hydrogens is 364 g/mol. The highest BCUT2D eigenvalue weighted by molar-refractivity contribution is 6.07. The number of carbonyl (C=O) groups is 1.